The van der Waals surface area contributed by atoms with E-state index in [1.54, 1.807) is 17.0 Å². The predicted octanol–water partition coefficient (Wildman–Crippen LogP) is 3.62. The number of hydrogen-bond donors (Lipinski definition) is 1. The minimum atomic E-state index is -0.385. The molecule has 2 fully saturated rings. The standard InChI is InChI=1S/C31H38N6O4/c1-24-4-2-5-27(33-24)6-3-13-35-14-16-37(17-15-35)31(39)41-28-11-12-29(32-22-28)34-30(38)26-9-7-25(8-10-26)23-36-18-20-40-21-19-36/h2,4-5,7-12,22H,3,6,13-21,23H2,1H3,(H,32,34,38). The first-order valence-electron chi connectivity index (χ1n) is 14.3. The monoisotopic (exact) mass is 558 g/mol. The molecule has 2 aliphatic rings. The maximum atomic E-state index is 12.7. The highest BCUT2D eigenvalue weighted by molar-refractivity contribution is 6.03. The van der Waals surface area contributed by atoms with E-state index < -0.39 is 0 Å². The Balaban J connectivity index is 1.02. The Bertz CT molecular complexity index is 1290. The van der Waals surface area contributed by atoms with Gasteiger partial charge in [-0.05, 0) is 68.3 Å². The number of aromatic nitrogens is 2. The van der Waals surface area contributed by atoms with Crippen LogP contribution in [0.2, 0.25) is 0 Å². The number of pyridine rings is 2. The normalized spacial score (nSPS) is 16.4. The first-order valence-corrected chi connectivity index (χ1v) is 14.3. The minimum absolute atomic E-state index is 0.242. The molecular formula is C31H38N6O4. The lowest BCUT2D eigenvalue weighted by Crippen LogP contribution is -2.49. The molecule has 41 heavy (non-hydrogen) atoms. The number of hydrogen-bond acceptors (Lipinski definition) is 8. The Hall–Kier alpha value is -3.86. The number of rotatable bonds is 9. The van der Waals surface area contributed by atoms with Gasteiger partial charge < -0.3 is 19.7 Å². The number of aryl methyl sites for hydroxylation is 2. The van der Waals surface area contributed by atoms with E-state index in [0.717, 1.165) is 82.3 Å². The molecule has 0 radical (unpaired) electrons. The molecule has 0 aliphatic carbocycles. The zero-order valence-electron chi connectivity index (χ0n) is 23.6. The van der Waals surface area contributed by atoms with Crippen molar-refractivity contribution < 1.29 is 19.1 Å². The lowest BCUT2D eigenvalue weighted by molar-refractivity contribution is 0.0342. The number of benzene rings is 1. The van der Waals surface area contributed by atoms with Crippen LogP contribution >= 0.6 is 0 Å². The molecule has 2 amide bonds. The number of ether oxygens (including phenoxy) is 2. The van der Waals surface area contributed by atoms with Crippen molar-refractivity contribution in [2.45, 2.75) is 26.3 Å². The molecule has 2 saturated heterocycles. The van der Waals surface area contributed by atoms with Crippen LogP contribution in [0.5, 0.6) is 5.75 Å². The highest BCUT2D eigenvalue weighted by Crippen LogP contribution is 2.16. The SMILES string of the molecule is Cc1cccc(CCCN2CCN(C(=O)Oc3ccc(NC(=O)c4ccc(CN5CCOCC5)cc4)nc3)CC2)n1. The van der Waals surface area contributed by atoms with Gasteiger partial charge in [-0.3, -0.25) is 19.6 Å². The van der Waals surface area contributed by atoms with Crippen molar-refractivity contribution in [2.24, 2.45) is 0 Å². The molecule has 1 N–H and O–H groups in total. The number of anilines is 1. The van der Waals surface area contributed by atoms with Crippen LogP contribution in [0.15, 0.2) is 60.8 Å². The van der Waals surface area contributed by atoms with E-state index in [0.29, 0.717) is 30.2 Å². The van der Waals surface area contributed by atoms with Crippen molar-refractivity contribution in [3.63, 3.8) is 0 Å². The zero-order chi connectivity index (χ0) is 28.4. The largest absolute Gasteiger partial charge is 0.415 e. The van der Waals surface area contributed by atoms with Crippen LogP contribution in [0.25, 0.3) is 0 Å². The Morgan fingerprint density at radius 3 is 2.41 bits per heavy atom. The van der Waals surface area contributed by atoms with Gasteiger partial charge in [0.05, 0.1) is 19.4 Å². The molecule has 2 aromatic heterocycles. The van der Waals surface area contributed by atoms with Gasteiger partial charge in [-0.1, -0.05) is 18.2 Å². The summed E-state index contributed by atoms with van der Waals surface area (Å²) in [5.41, 5.74) is 3.88. The summed E-state index contributed by atoms with van der Waals surface area (Å²) in [6.45, 7) is 10.1. The molecule has 0 bridgehead atoms. The fourth-order valence-corrected chi connectivity index (χ4v) is 5.02. The second-order valence-corrected chi connectivity index (χ2v) is 10.5. The van der Waals surface area contributed by atoms with Crippen LogP contribution < -0.4 is 10.1 Å². The third kappa shape index (κ3) is 8.56. The Morgan fingerprint density at radius 1 is 0.927 bits per heavy atom. The summed E-state index contributed by atoms with van der Waals surface area (Å²) in [7, 11) is 0. The van der Waals surface area contributed by atoms with Gasteiger partial charge in [0.25, 0.3) is 5.91 Å². The average Bonchev–Trinajstić information content (AvgIpc) is 2.99. The molecule has 0 unspecified atom stereocenters. The maximum absolute atomic E-state index is 12.7. The van der Waals surface area contributed by atoms with Crippen LogP contribution in [0.3, 0.4) is 0 Å². The summed E-state index contributed by atoms with van der Waals surface area (Å²) in [4.78, 5) is 40.6. The molecule has 5 rings (SSSR count). The minimum Gasteiger partial charge on any atom is -0.409 e. The number of carbonyl (C=O) groups excluding carboxylic acids is 2. The lowest BCUT2D eigenvalue weighted by atomic mass is 10.1. The molecule has 2 aliphatic heterocycles. The van der Waals surface area contributed by atoms with Gasteiger partial charge in [0.1, 0.15) is 5.82 Å². The molecular weight excluding hydrogens is 520 g/mol. The Labute approximate surface area is 241 Å². The van der Waals surface area contributed by atoms with E-state index in [1.807, 2.05) is 37.3 Å². The predicted molar refractivity (Wildman–Crippen MR) is 156 cm³/mol. The summed E-state index contributed by atoms with van der Waals surface area (Å²) >= 11 is 0. The Kier molecular flexibility index (Phi) is 9.90. The molecule has 4 heterocycles. The van der Waals surface area contributed by atoms with E-state index in [4.69, 9.17) is 9.47 Å². The molecule has 0 saturated carbocycles. The number of nitrogens with zero attached hydrogens (tertiary/aromatic N) is 5. The molecule has 0 atom stereocenters. The van der Waals surface area contributed by atoms with Crippen LogP contribution in [0.1, 0.15) is 33.7 Å². The first kappa shape index (κ1) is 28.7. The van der Waals surface area contributed by atoms with Crippen molar-refractivity contribution in [2.75, 3.05) is 64.3 Å². The van der Waals surface area contributed by atoms with Gasteiger partial charge in [-0.25, -0.2) is 9.78 Å². The number of morpholine rings is 1. The number of carbonyl (C=O) groups is 2. The number of piperazine rings is 1. The highest BCUT2D eigenvalue weighted by atomic mass is 16.6. The number of amides is 2. The highest BCUT2D eigenvalue weighted by Gasteiger charge is 2.22. The molecule has 3 aromatic rings. The number of nitrogens with one attached hydrogen (secondary N) is 1. The summed E-state index contributed by atoms with van der Waals surface area (Å²) in [6, 6.07) is 17.0. The van der Waals surface area contributed by atoms with Gasteiger partial charge in [0.2, 0.25) is 0 Å². The zero-order valence-corrected chi connectivity index (χ0v) is 23.6. The lowest BCUT2D eigenvalue weighted by Gasteiger charge is -2.33. The van der Waals surface area contributed by atoms with E-state index in [2.05, 4.69) is 37.2 Å². The molecule has 216 valence electrons. The van der Waals surface area contributed by atoms with E-state index in [1.165, 1.54) is 6.20 Å². The van der Waals surface area contributed by atoms with Gasteiger partial charge in [-0.2, -0.15) is 0 Å². The van der Waals surface area contributed by atoms with Crippen LogP contribution in [0, 0.1) is 6.92 Å². The van der Waals surface area contributed by atoms with Crippen molar-refractivity contribution in [1.82, 2.24) is 24.7 Å². The summed E-state index contributed by atoms with van der Waals surface area (Å²) in [5.74, 6) is 0.489. The summed E-state index contributed by atoms with van der Waals surface area (Å²) < 4.78 is 10.9. The van der Waals surface area contributed by atoms with E-state index in [-0.39, 0.29) is 12.0 Å². The average molecular weight is 559 g/mol. The van der Waals surface area contributed by atoms with Crippen molar-refractivity contribution >= 4 is 17.8 Å². The van der Waals surface area contributed by atoms with Crippen molar-refractivity contribution in [3.05, 3.63) is 83.3 Å². The molecule has 1 aromatic carbocycles. The molecule has 0 spiro atoms. The second-order valence-electron chi connectivity index (χ2n) is 10.5. The molecule has 10 nitrogen and oxygen atoms in total. The summed E-state index contributed by atoms with van der Waals surface area (Å²) in [5, 5.41) is 2.80. The van der Waals surface area contributed by atoms with Gasteiger partial charge in [0.15, 0.2) is 5.75 Å². The van der Waals surface area contributed by atoms with Gasteiger partial charge in [0, 0.05) is 62.8 Å². The second kappa shape index (κ2) is 14.2. The molecule has 10 heteroatoms. The van der Waals surface area contributed by atoms with Gasteiger partial charge in [-0.15, -0.1) is 0 Å². The van der Waals surface area contributed by atoms with Crippen molar-refractivity contribution in [1.29, 1.82) is 0 Å². The van der Waals surface area contributed by atoms with Crippen molar-refractivity contribution in [3.8, 4) is 5.75 Å². The Morgan fingerprint density at radius 2 is 1.71 bits per heavy atom. The van der Waals surface area contributed by atoms with Crippen LogP contribution in [-0.4, -0.2) is 95.7 Å². The first-order chi connectivity index (χ1) is 20.0. The fraction of sp³-hybridized carbons (Fsp3) is 0.419. The van der Waals surface area contributed by atoms with Gasteiger partial charge >= 0.3 is 6.09 Å². The van der Waals surface area contributed by atoms with E-state index >= 15 is 0 Å². The third-order valence-electron chi connectivity index (χ3n) is 7.39. The smallest absolute Gasteiger partial charge is 0.409 e. The third-order valence-corrected chi connectivity index (χ3v) is 7.39. The van der Waals surface area contributed by atoms with Crippen LogP contribution in [-0.2, 0) is 17.7 Å². The topological polar surface area (TPSA) is 100 Å². The van der Waals surface area contributed by atoms with Crippen LogP contribution in [0.4, 0.5) is 10.6 Å². The quantitative estimate of drug-likeness (QED) is 0.425. The fourth-order valence-electron chi connectivity index (χ4n) is 5.02. The summed E-state index contributed by atoms with van der Waals surface area (Å²) in [6.07, 6.45) is 3.06. The van der Waals surface area contributed by atoms with E-state index in [9.17, 15) is 9.59 Å². The maximum Gasteiger partial charge on any atom is 0.415 e.